The molecule has 0 spiro atoms. The number of rotatable bonds is 6. The van der Waals surface area contributed by atoms with Gasteiger partial charge in [0.1, 0.15) is 5.54 Å². The minimum Gasteiger partial charge on any atom is -0.303 e. The Kier molecular flexibility index (Phi) is 5.84. The van der Waals surface area contributed by atoms with Gasteiger partial charge in [-0.25, -0.2) is 0 Å². The predicted octanol–water partition coefficient (Wildman–Crippen LogP) is 3.46. The minimum atomic E-state index is -0.410. The van der Waals surface area contributed by atoms with Gasteiger partial charge in [0, 0.05) is 10.8 Å². The van der Waals surface area contributed by atoms with Crippen molar-refractivity contribution in [2.45, 2.75) is 24.6 Å². The number of hydrogen-bond acceptors (Lipinski definition) is 3. The highest BCUT2D eigenvalue weighted by atomic mass is 35.5. The Labute approximate surface area is 112 Å². The fourth-order valence-corrected chi connectivity index (χ4v) is 2.53. The highest BCUT2D eigenvalue weighted by Crippen LogP contribution is 2.18. The van der Waals surface area contributed by atoms with Crippen LogP contribution < -0.4 is 5.32 Å². The molecule has 0 aliphatic heterocycles. The molecule has 2 nitrogen and oxygen atoms in total. The first-order valence-electron chi connectivity index (χ1n) is 5.52. The maximum absolute atomic E-state index is 9.00. The average Bonchev–Trinajstić information content (AvgIpc) is 2.36. The smallest absolute Gasteiger partial charge is 0.104 e. The van der Waals surface area contributed by atoms with Gasteiger partial charge < -0.3 is 5.32 Å². The SMILES string of the molecule is CNC(C)(C#N)CCSCc1ccc(Cl)cc1. The van der Waals surface area contributed by atoms with Gasteiger partial charge in [-0.1, -0.05) is 23.7 Å². The van der Waals surface area contributed by atoms with E-state index in [1.807, 2.05) is 50.0 Å². The van der Waals surface area contributed by atoms with Crippen molar-refractivity contribution < 1.29 is 0 Å². The lowest BCUT2D eigenvalue weighted by atomic mass is 10.0. The van der Waals surface area contributed by atoms with Gasteiger partial charge in [0.2, 0.25) is 0 Å². The Hall–Kier alpha value is -0.690. The molecule has 0 saturated carbocycles. The predicted molar refractivity (Wildman–Crippen MR) is 75.3 cm³/mol. The quantitative estimate of drug-likeness (QED) is 0.803. The van der Waals surface area contributed by atoms with Crippen LogP contribution in [0, 0.1) is 11.3 Å². The molecule has 0 amide bonds. The van der Waals surface area contributed by atoms with Crippen LogP contribution in [0.15, 0.2) is 24.3 Å². The van der Waals surface area contributed by atoms with Gasteiger partial charge in [0.05, 0.1) is 6.07 Å². The van der Waals surface area contributed by atoms with Crippen molar-refractivity contribution in [1.29, 1.82) is 5.26 Å². The van der Waals surface area contributed by atoms with Crippen molar-refractivity contribution >= 4 is 23.4 Å². The molecule has 0 bridgehead atoms. The van der Waals surface area contributed by atoms with E-state index in [4.69, 9.17) is 16.9 Å². The Morgan fingerprint density at radius 1 is 1.41 bits per heavy atom. The standard InChI is InChI=1S/C13H17ClN2S/c1-13(10-15,16-2)7-8-17-9-11-3-5-12(14)6-4-11/h3-6,16H,7-9H2,1-2H3. The normalized spacial score (nSPS) is 14.0. The molecule has 1 rings (SSSR count). The highest BCUT2D eigenvalue weighted by Gasteiger charge is 2.19. The number of nitriles is 1. The van der Waals surface area contributed by atoms with E-state index >= 15 is 0 Å². The molecule has 0 saturated heterocycles. The van der Waals surface area contributed by atoms with Crippen LogP contribution in [0.25, 0.3) is 0 Å². The van der Waals surface area contributed by atoms with E-state index in [9.17, 15) is 0 Å². The van der Waals surface area contributed by atoms with Crippen molar-refractivity contribution in [3.63, 3.8) is 0 Å². The number of benzene rings is 1. The van der Waals surface area contributed by atoms with Crippen LogP contribution in [0.2, 0.25) is 5.02 Å². The van der Waals surface area contributed by atoms with Crippen LogP contribution in [-0.4, -0.2) is 18.3 Å². The van der Waals surface area contributed by atoms with E-state index in [0.717, 1.165) is 22.9 Å². The molecular formula is C13H17ClN2S. The van der Waals surface area contributed by atoms with Gasteiger partial charge in [0.25, 0.3) is 0 Å². The van der Waals surface area contributed by atoms with Crippen LogP contribution >= 0.6 is 23.4 Å². The van der Waals surface area contributed by atoms with Crippen LogP contribution in [0.4, 0.5) is 0 Å². The zero-order valence-corrected chi connectivity index (χ0v) is 11.7. The molecule has 0 fully saturated rings. The van der Waals surface area contributed by atoms with Crippen molar-refractivity contribution in [3.05, 3.63) is 34.9 Å². The molecule has 17 heavy (non-hydrogen) atoms. The van der Waals surface area contributed by atoms with Crippen molar-refractivity contribution in [1.82, 2.24) is 5.32 Å². The second kappa shape index (κ2) is 6.90. The first-order chi connectivity index (χ1) is 8.09. The Morgan fingerprint density at radius 3 is 2.59 bits per heavy atom. The van der Waals surface area contributed by atoms with E-state index < -0.39 is 5.54 Å². The summed E-state index contributed by atoms with van der Waals surface area (Å²) in [6.07, 6.45) is 0.845. The summed E-state index contributed by atoms with van der Waals surface area (Å²) in [6.45, 7) is 1.93. The summed E-state index contributed by atoms with van der Waals surface area (Å²) in [6, 6.07) is 10.2. The molecule has 0 aliphatic rings. The monoisotopic (exact) mass is 268 g/mol. The van der Waals surface area contributed by atoms with Crippen LogP contribution in [0.5, 0.6) is 0 Å². The van der Waals surface area contributed by atoms with Crippen LogP contribution in [-0.2, 0) is 5.75 Å². The summed E-state index contributed by atoms with van der Waals surface area (Å²) in [7, 11) is 1.83. The molecule has 0 aromatic heterocycles. The van der Waals surface area contributed by atoms with Gasteiger partial charge >= 0.3 is 0 Å². The van der Waals surface area contributed by atoms with Gasteiger partial charge in [0.15, 0.2) is 0 Å². The third-order valence-electron chi connectivity index (χ3n) is 2.73. The molecule has 92 valence electrons. The third-order valence-corrected chi connectivity index (χ3v) is 4.01. The van der Waals surface area contributed by atoms with E-state index in [0.29, 0.717) is 0 Å². The van der Waals surface area contributed by atoms with Crippen molar-refractivity contribution in [2.75, 3.05) is 12.8 Å². The zero-order chi connectivity index (χ0) is 12.7. The van der Waals surface area contributed by atoms with Gasteiger partial charge in [-0.05, 0) is 43.8 Å². The van der Waals surface area contributed by atoms with Gasteiger partial charge in [-0.15, -0.1) is 0 Å². The second-order valence-corrected chi connectivity index (χ2v) is 5.66. The largest absolute Gasteiger partial charge is 0.303 e. The summed E-state index contributed by atoms with van der Waals surface area (Å²) in [4.78, 5) is 0. The second-order valence-electron chi connectivity index (χ2n) is 4.12. The van der Waals surface area contributed by atoms with Gasteiger partial charge in [-0.3, -0.25) is 0 Å². The fraction of sp³-hybridized carbons (Fsp3) is 0.462. The number of halogens is 1. The zero-order valence-electron chi connectivity index (χ0n) is 10.2. The maximum atomic E-state index is 9.00. The lowest BCUT2D eigenvalue weighted by molar-refractivity contribution is 0.479. The molecule has 1 aromatic carbocycles. The Bertz CT molecular complexity index is 385. The molecule has 1 N–H and O–H groups in total. The highest BCUT2D eigenvalue weighted by molar-refractivity contribution is 7.98. The molecule has 0 aliphatic carbocycles. The molecule has 1 unspecified atom stereocenters. The number of hydrogen-bond donors (Lipinski definition) is 1. The van der Waals surface area contributed by atoms with E-state index in [-0.39, 0.29) is 0 Å². The van der Waals surface area contributed by atoms with Crippen molar-refractivity contribution in [2.24, 2.45) is 0 Å². The van der Waals surface area contributed by atoms with E-state index in [1.54, 1.807) is 0 Å². The van der Waals surface area contributed by atoms with Crippen LogP contribution in [0.1, 0.15) is 18.9 Å². The summed E-state index contributed by atoms with van der Waals surface area (Å²) in [5.74, 6) is 1.93. The lowest BCUT2D eigenvalue weighted by Crippen LogP contribution is -2.38. The average molecular weight is 269 g/mol. The summed E-state index contributed by atoms with van der Waals surface area (Å²) >= 11 is 7.65. The molecular weight excluding hydrogens is 252 g/mol. The summed E-state index contributed by atoms with van der Waals surface area (Å²) in [5, 5.41) is 12.8. The molecule has 0 radical (unpaired) electrons. The van der Waals surface area contributed by atoms with E-state index in [2.05, 4.69) is 11.4 Å². The Balaban J connectivity index is 2.29. The summed E-state index contributed by atoms with van der Waals surface area (Å²) in [5.41, 5.74) is 0.856. The Morgan fingerprint density at radius 2 is 2.06 bits per heavy atom. The third kappa shape index (κ3) is 4.99. The van der Waals surface area contributed by atoms with Crippen LogP contribution in [0.3, 0.4) is 0 Å². The number of nitrogens with one attached hydrogen (secondary N) is 1. The van der Waals surface area contributed by atoms with Gasteiger partial charge in [-0.2, -0.15) is 17.0 Å². The number of nitrogens with zero attached hydrogens (tertiary/aromatic N) is 1. The van der Waals surface area contributed by atoms with Crippen molar-refractivity contribution in [3.8, 4) is 6.07 Å². The molecule has 1 aromatic rings. The van der Waals surface area contributed by atoms with E-state index in [1.165, 1.54) is 5.56 Å². The maximum Gasteiger partial charge on any atom is 0.104 e. The first kappa shape index (κ1) is 14.4. The topological polar surface area (TPSA) is 35.8 Å². The first-order valence-corrected chi connectivity index (χ1v) is 7.05. The molecule has 0 heterocycles. The minimum absolute atomic E-state index is 0.410. The molecule has 1 atom stereocenters. The number of thioether (sulfide) groups is 1. The summed E-state index contributed by atoms with van der Waals surface area (Å²) < 4.78 is 0. The fourth-order valence-electron chi connectivity index (χ4n) is 1.28. The molecule has 4 heteroatoms. The lowest BCUT2D eigenvalue weighted by Gasteiger charge is -2.19.